The van der Waals surface area contributed by atoms with Gasteiger partial charge in [0.25, 0.3) is 5.91 Å². The van der Waals surface area contributed by atoms with Crippen LogP contribution in [0.2, 0.25) is 0 Å². The van der Waals surface area contributed by atoms with Gasteiger partial charge in [-0.05, 0) is 56.5 Å². The van der Waals surface area contributed by atoms with Crippen molar-refractivity contribution >= 4 is 23.2 Å². The maximum absolute atomic E-state index is 12.6. The maximum atomic E-state index is 12.6. The Hall–Kier alpha value is -2.67. The number of aromatic nitrogens is 2. The second kappa shape index (κ2) is 9.32. The third-order valence-electron chi connectivity index (χ3n) is 4.49. The van der Waals surface area contributed by atoms with E-state index in [1.54, 1.807) is 13.2 Å². The maximum Gasteiger partial charge on any atom is 0.274 e. The van der Waals surface area contributed by atoms with Gasteiger partial charge in [0.1, 0.15) is 5.69 Å². The Morgan fingerprint density at radius 2 is 1.93 bits per heavy atom. The smallest absolute Gasteiger partial charge is 0.274 e. The highest BCUT2D eigenvalue weighted by atomic mass is 16.5. The summed E-state index contributed by atoms with van der Waals surface area (Å²) in [5.74, 6) is 0.218. The van der Waals surface area contributed by atoms with E-state index in [4.69, 9.17) is 4.74 Å². The number of anilines is 3. The molecule has 0 unspecified atom stereocenters. The molecule has 2 aromatic rings. The molecule has 0 spiro atoms. The van der Waals surface area contributed by atoms with Gasteiger partial charge < -0.3 is 20.3 Å². The number of benzene rings is 1. The normalized spacial score (nSPS) is 13.6. The number of rotatable bonds is 8. The zero-order chi connectivity index (χ0) is 19.1. The fourth-order valence-electron chi connectivity index (χ4n) is 3.11. The molecule has 144 valence electrons. The van der Waals surface area contributed by atoms with Crippen LogP contribution in [0.5, 0.6) is 0 Å². The Balaban J connectivity index is 1.62. The van der Waals surface area contributed by atoms with Crippen molar-refractivity contribution in [1.29, 1.82) is 0 Å². The predicted molar refractivity (Wildman–Crippen MR) is 108 cm³/mol. The van der Waals surface area contributed by atoms with Gasteiger partial charge in [-0.25, -0.2) is 9.97 Å². The molecule has 1 aliphatic heterocycles. The summed E-state index contributed by atoms with van der Waals surface area (Å²) in [7, 11) is 1.67. The van der Waals surface area contributed by atoms with Crippen LogP contribution in [-0.2, 0) is 4.74 Å². The summed E-state index contributed by atoms with van der Waals surface area (Å²) in [6, 6.07) is 9.66. The van der Waals surface area contributed by atoms with Gasteiger partial charge in [0.15, 0.2) is 0 Å². The molecule has 1 saturated heterocycles. The minimum absolute atomic E-state index is 0.241. The molecule has 1 fully saturated rings. The molecule has 0 aliphatic carbocycles. The lowest BCUT2D eigenvalue weighted by Crippen LogP contribution is -2.18. The first-order valence-corrected chi connectivity index (χ1v) is 9.40. The molecule has 0 bridgehead atoms. The molecule has 7 heteroatoms. The number of nitrogens with zero attached hydrogens (tertiary/aromatic N) is 3. The van der Waals surface area contributed by atoms with Crippen LogP contribution in [0.1, 0.15) is 35.4 Å². The zero-order valence-electron chi connectivity index (χ0n) is 16.0. The minimum Gasteiger partial charge on any atom is -0.385 e. The minimum atomic E-state index is -0.241. The van der Waals surface area contributed by atoms with E-state index < -0.39 is 0 Å². The second-order valence-corrected chi connectivity index (χ2v) is 6.69. The van der Waals surface area contributed by atoms with Gasteiger partial charge in [-0.1, -0.05) is 0 Å². The first kappa shape index (κ1) is 19.1. The summed E-state index contributed by atoms with van der Waals surface area (Å²) in [5.41, 5.74) is 3.05. The average Bonchev–Trinajstić information content (AvgIpc) is 3.20. The van der Waals surface area contributed by atoms with Gasteiger partial charge in [-0.15, -0.1) is 0 Å². The average molecular weight is 369 g/mol. The summed E-state index contributed by atoms with van der Waals surface area (Å²) in [6.07, 6.45) is 3.33. The summed E-state index contributed by atoms with van der Waals surface area (Å²) in [6.45, 7) is 5.41. The highest BCUT2D eigenvalue weighted by Gasteiger charge is 2.13. The van der Waals surface area contributed by atoms with Crippen LogP contribution < -0.4 is 15.5 Å². The highest BCUT2D eigenvalue weighted by Crippen LogP contribution is 2.22. The summed E-state index contributed by atoms with van der Waals surface area (Å²) < 4.78 is 5.02. The van der Waals surface area contributed by atoms with Crippen molar-refractivity contribution in [2.45, 2.75) is 26.2 Å². The first-order valence-electron chi connectivity index (χ1n) is 9.40. The van der Waals surface area contributed by atoms with Crippen LogP contribution in [0, 0.1) is 6.92 Å². The fraction of sp³-hybridized carbons (Fsp3) is 0.450. The van der Waals surface area contributed by atoms with Gasteiger partial charge >= 0.3 is 0 Å². The molecule has 2 heterocycles. The molecule has 7 nitrogen and oxygen atoms in total. The standard InChI is InChI=1S/C20H27N5O2/c1-15-14-18(24-20(22-15)21-10-5-13-27-2)19(26)23-16-6-8-17(9-7-16)25-11-3-4-12-25/h6-9,14H,3-5,10-13H2,1-2H3,(H,23,26)(H,21,22,24). The molecule has 1 amide bonds. The molecule has 1 aromatic heterocycles. The van der Waals surface area contributed by atoms with Crippen LogP contribution in [0.3, 0.4) is 0 Å². The van der Waals surface area contributed by atoms with E-state index in [2.05, 4.69) is 37.6 Å². The monoisotopic (exact) mass is 369 g/mol. The number of carbonyl (C=O) groups is 1. The Bertz CT molecular complexity index is 757. The van der Waals surface area contributed by atoms with Gasteiger partial charge in [0.2, 0.25) is 5.95 Å². The molecular formula is C20H27N5O2. The second-order valence-electron chi connectivity index (χ2n) is 6.69. The lowest BCUT2D eigenvalue weighted by atomic mass is 10.2. The number of carbonyl (C=O) groups excluding carboxylic acids is 1. The van der Waals surface area contributed by atoms with E-state index in [1.165, 1.54) is 18.5 Å². The fourth-order valence-corrected chi connectivity index (χ4v) is 3.11. The topological polar surface area (TPSA) is 79.4 Å². The van der Waals surface area contributed by atoms with Crippen LogP contribution in [0.4, 0.5) is 17.3 Å². The number of hydrogen-bond acceptors (Lipinski definition) is 6. The molecule has 27 heavy (non-hydrogen) atoms. The number of amides is 1. The molecule has 0 saturated carbocycles. The lowest BCUT2D eigenvalue weighted by Gasteiger charge is -2.17. The molecule has 0 atom stereocenters. The third-order valence-corrected chi connectivity index (χ3v) is 4.49. The van der Waals surface area contributed by atoms with Gasteiger partial charge in [0, 0.05) is 50.4 Å². The summed E-state index contributed by atoms with van der Waals surface area (Å²) in [5, 5.41) is 6.04. The van der Waals surface area contributed by atoms with Crippen molar-refractivity contribution in [3.05, 3.63) is 41.7 Å². The molecule has 0 radical (unpaired) electrons. The van der Waals surface area contributed by atoms with Crippen molar-refractivity contribution in [2.24, 2.45) is 0 Å². The van der Waals surface area contributed by atoms with Crippen LogP contribution in [0.25, 0.3) is 0 Å². The van der Waals surface area contributed by atoms with Gasteiger partial charge in [0.05, 0.1) is 0 Å². The van der Waals surface area contributed by atoms with Crippen LogP contribution in [0.15, 0.2) is 30.3 Å². The quantitative estimate of drug-likeness (QED) is 0.696. The number of nitrogens with one attached hydrogen (secondary N) is 2. The third kappa shape index (κ3) is 5.40. The Morgan fingerprint density at radius 1 is 1.19 bits per heavy atom. The van der Waals surface area contributed by atoms with Crippen molar-refractivity contribution in [3.8, 4) is 0 Å². The molecule has 2 N–H and O–H groups in total. The Morgan fingerprint density at radius 3 is 2.63 bits per heavy atom. The molecule has 3 rings (SSSR count). The van der Waals surface area contributed by atoms with E-state index in [9.17, 15) is 4.79 Å². The number of methoxy groups -OCH3 is 1. The number of aryl methyl sites for hydroxylation is 1. The van der Waals surface area contributed by atoms with Gasteiger partial charge in [-0.3, -0.25) is 4.79 Å². The van der Waals surface area contributed by atoms with E-state index in [-0.39, 0.29) is 5.91 Å². The number of hydrogen-bond donors (Lipinski definition) is 2. The van der Waals surface area contributed by atoms with Crippen molar-refractivity contribution in [2.75, 3.05) is 48.9 Å². The van der Waals surface area contributed by atoms with Crippen molar-refractivity contribution < 1.29 is 9.53 Å². The lowest BCUT2D eigenvalue weighted by molar-refractivity contribution is 0.102. The summed E-state index contributed by atoms with van der Waals surface area (Å²) in [4.78, 5) is 23.6. The molecule has 1 aliphatic rings. The van der Waals surface area contributed by atoms with Crippen molar-refractivity contribution in [3.63, 3.8) is 0 Å². The molecular weight excluding hydrogens is 342 g/mol. The van der Waals surface area contributed by atoms with Gasteiger partial charge in [-0.2, -0.15) is 0 Å². The van der Waals surface area contributed by atoms with E-state index in [0.29, 0.717) is 24.8 Å². The van der Waals surface area contributed by atoms with E-state index in [1.807, 2.05) is 19.1 Å². The number of ether oxygens (including phenoxy) is 1. The van der Waals surface area contributed by atoms with E-state index >= 15 is 0 Å². The van der Waals surface area contributed by atoms with Crippen molar-refractivity contribution in [1.82, 2.24) is 9.97 Å². The first-order chi connectivity index (χ1) is 13.2. The van der Waals surface area contributed by atoms with Crippen LogP contribution in [-0.4, -0.2) is 49.2 Å². The zero-order valence-corrected chi connectivity index (χ0v) is 16.0. The Kier molecular flexibility index (Phi) is 6.59. The summed E-state index contributed by atoms with van der Waals surface area (Å²) >= 11 is 0. The predicted octanol–water partition coefficient (Wildman–Crippen LogP) is 3.09. The molecule has 1 aromatic carbocycles. The Labute approximate surface area is 160 Å². The van der Waals surface area contributed by atoms with E-state index in [0.717, 1.165) is 30.9 Å². The SMILES string of the molecule is COCCCNc1nc(C)cc(C(=O)Nc2ccc(N3CCCC3)cc2)n1. The highest BCUT2D eigenvalue weighted by molar-refractivity contribution is 6.03. The van der Waals surface area contributed by atoms with Crippen LogP contribution >= 0.6 is 0 Å². The largest absolute Gasteiger partial charge is 0.385 e.